The molecule has 5 N–H and O–H groups in total. The average molecular weight is 1170 g/mol. The Bertz CT molecular complexity index is 2090. The van der Waals surface area contributed by atoms with Gasteiger partial charge in [-0.2, -0.15) is 11.8 Å². The van der Waals surface area contributed by atoms with Crippen molar-refractivity contribution in [3.63, 3.8) is 0 Å². The van der Waals surface area contributed by atoms with Crippen LogP contribution in [0.2, 0.25) is 0 Å². The van der Waals surface area contributed by atoms with Gasteiger partial charge in [0.25, 0.3) is 0 Å². The van der Waals surface area contributed by atoms with Crippen molar-refractivity contribution in [3.05, 3.63) is 55.7 Å². The van der Waals surface area contributed by atoms with Crippen LogP contribution in [0, 0.1) is 19.5 Å². The topological polar surface area (TPSA) is 202 Å². The van der Waals surface area contributed by atoms with Crippen molar-refractivity contribution in [2.75, 3.05) is 31.3 Å². The third-order valence-electron chi connectivity index (χ3n) is 11.7. The van der Waals surface area contributed by atoms with Crippen LogP contribution in [0.1, 0.15) is 90.9 Å². The van der Waals surface area contributed by atoms with Gasteiger partial charge < -0.3 is 36.2 Å². The Morgan fingerprint density at radius 2 is 1.71 bits per heavy atom. The fourth-order valence-electron chi connectivity index (χ4n) is 7.98. The van der Waals surface area contributed by atoms with Crippen LogP contribution >= 0.6 is 68.7 Å². The molecule has 2 unspecified atom stereocenters. The smallest absolute Gasteiger partial charge is 0.315 e. The molecule has 3 fully saturated rings. The fraction of sp³-hybridized carbons (Fsp3) is 0.565. The SMILES string of the molecule is C#CCO[C@H](C)C(NC(=O)[C@H](C)NC)C(=O)N1CCC[C@H]1Cn1nnnc1Sc1ccccc1.O=C(CCCCCCC(=O)Nc1cc(I)cc(I)c1)CCCCC1SC[C@@H]2NC(=O)N[C@H]12. The number of urea groups is 1. The van der Waals surface area contributed by atoms with Crippen molar-refractivity contribution in [2.45, 2.75) is 149 Å². The molecule has 20 heteroatoms. The lowest BCUT2D eigenvalue weighted by Gasteiger charge is -2.32. The minimum atomic E-state index is -0.857. The van der Waals surface area contributed by atoms with Gasteiger partial charge >= 0.3 is 6.03 Å². The molecule has 4 heterocycles. The largest absolute Gasteiger partial charge is 0.363 e. The number of likely N-dealkylation sites (tertiary alicyclic amines) is 1. The van der Waals surface area contributed by atoms with Crippen LogP contribution in [0.5, 0.6) is 0 Å². The number of nitrogens with one attached hydrogen (secondary N) is 5. The normalized spacial score (nSPS) is 19.9. The minimum Gasteiger partial charge on any atom is -0.363 e. The summed E-state index contributed by atoms with van der Waals surface area (Å²) in [6.45, 7) is 4.57. The number of carbonyl (C=O) groups is 5. The lowest BCUT2D eigenvalue weighted by atomic mass is 10.0. The first kappa shape index (κ1) is 53.5. The molecule has 1 aromatic heterocycles. The maximum atomic E-state index is 13.6. The zero-order valence-corrected chi connectivity index (χ0v) is 43.8. The van der Waals surface area contributed by atoms with Gasteiger partial charge in [-0.05, 0) is 157 Å². The number of aromatic nitrogens is 4. The number of terminal acetylenes is 1. The molecule has 3 aliphatic heterocycles. The van der Waals surface area contributed by atoms with E-state index in [1.165, 1.54) is 11.8 Å². The van der Waals surface area contributed by atoms with Gasteiger partial charge in [-0.25, -0.2) is 9.48 Å². The molecule has 5 amide bonds. The number of nitrogens with zero attached hydrogens (tertiary/aromatic N) is 5. The molecule has 0 bridgehead atoms. The monoisotopic (exact) mass is 1170 g/mol. The molecule has 16 nitrogen and oxygen atoms in total. The zero-order valence-electron chi connectivity index (χ0n) is 37.8. The number of rotatable bonds is 24. The van der Waals surface area contributed by atoms with E-state index in [-0.39, 0.29) is 48.5 Å². The van der Waals surface area contributed by atoms with Gasteiger partial charge in [-0.15, -0.1) is 11.5 Å². The van der Waals surface area contributed by atoms with Gasteiger partial charge in [0, 0.05) is 54.5 Å². The highest BCUT2D eigenvalue weighted by Crippen LogP contribution is 2.33. The summed E-state index contributed by atoms with van der Waals surface area (Å²) in [5.74, 6) is 3.32. The van der Waals surface area contributed by atoms with Crippen LogP contribution < -0.4 is 26.6 Å². The molecular formula is C46H62I2N10O6S2. The zero-order chi connectivity index (χ0) is 47.4. The van der Waals surface area contributed by atoms with E-state index in [0.29, 0.717) is 48.5 Å². The fourth-order valence-corrected chi connectivity index (χ4v) is 12.3. The number of Topliss-reactive ketones (excluding diaryl/α,β-unsaturated/α-hetero) is 1. The standard InChI is InChI=1S/C23H31I2N3O3S.C23H31N7O3S/c24-15-11-16(25)13-17(12-15)26-21(30)10-4-2-1-3-7-18(29)8-5-6-9-20-22-19(14-32-20)27-23(31)28-22;1-5-14-33-17(3)20(25-21(31)16(2)24-4)22(32)29-13-9-10-18(29)15-30-23(26-27-28-30)34-19-11-7-6-8-12-19/h11-13,19-20,22H,1-10,14H2,(H,26,30)(H2,27,28,31);1,6-8,11-12,16-18,20,24H,9-10,13-15H2,2-4H3,(H,25,31)/t19-,20?,22-;16-,17+,18-,20?/m00/s1. The van der Waals surface area contributed by atoms with E-state index in [0.717, 1.165) is 81.3 Å². The van der Waals surface area contributed by atoms with Crippen LogP contribution in [0.4, 0.5) is 10.5 Å². The number of hydrogen-bond acceptors (Lipinski definition) is 12. The van der Waals surface area contributed by atoms with Gasteiger partial charge in [0.05, 0.1) is 36.8 Å². The molecule has 0 spiro atoms. The minimum absolute atomic E-state index is 0.0399. The molecule has 358 valence electrons. The number of carbonyl (C=O) groups excluding carboxylic acids is 5. The molecule has 0 aliphatic carbocycles. The molecule has 0 saturated carbocycles. The molecule has 3 aromatic rings. The van der Waals surface area contributed by atoms with Crippen LogP contribution in [0.3, 0.4) is 0 Å². The molecule has 66 heavy (non-hydrogen) atoms. The summed E-state index contributed by atoms with van der Waals surface area (Å²) < 4.78 is 9.56. The van der Waals surface area contributed by atoms with Crippen molar-refractivity contribution in [3.8, 4) is 12.3 Å². The number of ketones is 1. The van der Waals surface area contributed by atoms with E-state index in [4.69, 9.17) is 11.2 Å². The summed E-state index contributed by atoms with van der Waals surface area (Å²) in [7, 11) is 1.69. The highest BCUT2D eigenvalue weighted by Gasteiger charge is 2.42. The number of tetrazole rings is 1. The highest BCUT2D eigenvalue weighted by atomic mass is 127. The van der Waals surface area contributed by atoms with Gasteiger partial charge in [0.2, 0.25) is 22.9 Å². The second-order valence-electron chi connectivity index (χ2n) is 16.6. The Morgan fingerprint density at radius 3 is 2.42 bits per heavy atom. The summed E-state index contributed by atoms with van der Waals surface area (Å²) in [5, 5.41) is 27.9. The van der Waals surface area contributed by atoms with E-state index in [1.54, 1.807) is 30.5 Å². The first-order chi connectivity index (χ1) is 31.8. The average Bonchev–Trinajstić information content (AvgIpc) is 4.11. The van der Waals surface area contributed by atoms with Gasteiger partial charge in [0.15, 0.2) is 0 Å². The molecule has 3 saturated heterocycles. The number of fused-ring (bicyclic) bond motifs is 1. The molecule has 3 aliphatic rings. The Balaban J connectivity index is 0.000000248. The quantitative estimate of drug-likeness (QED) is 0.0286. The summed E-state index contributed by atoms with van der Waals surface area (Å²) in [6, 6.07) is 14.9. The van der Waals surface area contributed by atoms with Gasteiger partial charge in [0.1, 0.15) is 18.4 Å². The van der Waals surface area contributed by atoms with E-state index in [2.05, 4.69) is 99.3 Å². The van der Waals surface area contributed by atoms with Crippen molar-refractivity contribution in [2.24, 2.45) is 0 Å². The van der Waals surface area contributed by atoms with E-state index >= 15 is 0 Å². The summed E-state index contributed by atoms with van der Waals surface area (Å²) in [6.07, 6.45) is 15.0. The van der Waals surface area contributed by atoms with Crippen molar-refractivity contribution < 1.29 is 28.7 Å². The number of anilines is 1. The Kier molecular flexibility index (Phi) is 22.8. The van der Waals surface area contributed by atoms with Crippen LogP contribution in [-0.2, 0) is 30.5 Å². The van der Waals surface area contributed by atoms with E-state index in [1.807, 2.05) is 54.2 Å². The molecule has 6 rings (SSSR count). The predicted molar refractivity (Wildman–Crippen MR) is 275 cm³/mol. The van der Waals surface area contributed by atoms with Crippen LogP contribution in [0.25, 0.3) is 0 Å². The van der Waals surface area contributed by atoms with Crippen molar-refractivity contribution in [1.82, 2.24) is 46.4 Å². The van der Waals surface area contributed by atoms with Crippen LogP contribution in [0.15, 0.2) is 58.6 Å². The number of halogens is 2. The Hall–Kier alpha value is -3.50. The molecule has 0 radical (unpaired) electrons. The molecular weight excluding hydrogens is 1110 g/mol. The third-order valence-corrected chi connectivity index (χ3v) is 15.4. The lowest BCUT2D eigenvalue weighted by Crippen LogP contribution is -2.58. The third kappa shape index (κ3) is 17.2. The van der Waals surface area contributed by atoms with E-state index < -0.39 is 18.2 Å². The number of benzene rings is 2. The maximum Gasteiger partial charge on any atom is 0.315 e. The highest BCUT2D eigenvalue weighted by molar-refractivity contribution is 14.1. The second kappa shape index (κ2) is 28.1. The molecule has 7 atom stereocenters. The number of thioether (sulfide) groups is 1. The number of unbranched alkanes of at least 4 members (excludes halogenated alkanes) is 4. The van der Waals surface area contributed by atoms with E-state index in [9.17, 15) is 24.0 Å². The predicted octanol–water partition coefficient (Wildman–Crippen LogP) is 6.42. The summed E-state index contributed by atoms with van der Waals surface area (Å²) in [5.41, 5.74) is 0.855. The summed E-state index contributed by atoms with van der Waals surface area (Å²) in [4.78, 5) is 64.6. The van der Waals surface area contributed by atoms with Crippen LogP contribution in [-0.4, -0.2) is 122 Å². The number of likely N-dealkylation sites (N-methyl/N-ethyl adjacent to an activating group) is 1. The Morgan fingerprint density at radius 1 is 1.00 bits per heavy atom. The summed E-state index contributed by atoms with van der Waals surface area (Å²) >= 11 is 7.90. The number of hydrogen-bond donors (Lipinski definition) is 5. The van der Waals surface area contributed by atoms with Crippen molar-refractivity contribution in [1.29, 1.82) is 0 Å². The molecule has 2 aromatic carbocycles. The maximum absolute atomic E-state index is 13.6. The van der Waals surface area contributed by atoms with Gasteiger partial charge in [-0.3, -0.25) is 19.2 Å². The van der Waals surface area contributed by atoms with Gasteiger partial charge in [-0.1, -0.05) is 43.4 Å². The van der Waals surface area contributed by atoms with Crippen molar-refractivity contribution >= 4 is 104 Å². The number of amides is 5. The lowest BCUT2D eigenvalue weighted by molar-refractivity contribution is -0.141. The number of ether oxygens (including phenoxy) is 1. The first-order valence-electron chi connectivity index (χ1n) is 22.6. The second-order valence-corrected chi connectivity index (χ2v) is 21.4. The first-order valence-corrected chi connectivity index (χ1v) is 26.7. The Labute approximate surface area is 424 Å².